The van der Waals surface area contributed by atoms with E-state index in [4.69, 9.17) is 14.2 Å². The highest BCUT2D eigenvalue weighted by Crippen LogP contribution is 2.35. The summed E-state index contributed by atoms with van der Waals surface area (Å²) >= 11 is 0. The molecule has 4 heteroatoms. The van der Waals surface area contributed by atoms with Gasteiger partial charge < -0.3 is 14.2 Å². The number of carbonyl (C=O) groups excluding carboxylic acids is 1. The molecule has 0 fully saturated rings. The average Bonchev–Trinajstić information content (AvgIpc) is 2.97. The van der Waals surface area contributed by atoms with Crippen molar-refractivity contribution in [3.63, 3.8) is 0 Å². The fourth-order valence-corrected chi connectivity index (χ4v) is 2.82. The zero-order valence-electron chi connectivity index (χ0n) is 14.8. The number of para-hydroxylation sites is 1. The summed E-state index contributed by atoms with van der Waals surface area (Å²) in [4.78, 5) is 12.3. The first-order valence-electron chi connectivity index (χ1n) is 7.97. The van der Waals surface area contributed by atoms with Crippen LogP contribution in [-0.2, 0) is 9.53 Å². The van der Waals surface area contributed by atoms with Crippen LogP contribution < -0.4 is 9.47 Å². The molecule has 0 amide bonds. The van der Waals surface area contributed by atoms with Gasteiger partial charge >= 0.3 is 5.97 Å². The fourth-order valence-electron chi connectivity index (χ4n) is 2.82. The van der Waals surface area contributed by atoms with Gasteiger partial charge in [0, 0.05) is 11.1 Å². The molecule has 3 rings (SSSR count). The minimum Gasteiger partial charge on any atom is -0.493 e. The summed E-state index contributed by atoms with van der Waals surface area (Å²) in [6.07, 6.45) is 3.52. The summed E-state index contributed by atoms with van der Waals surface area (Å²) in [7, 11) is 3.15. The molecule has 0 aromatic heterocycles. The summed E-state index contributed by atoms with van der Waals surface area (Å²) < 4.78 is 16.2. The first-order chi connectivity index (χ1) is 12.0. The van der Waals surface area contributed by atoms with Crippen molar-refractivity contribution < 1.29 is 19.0 Å². The summed E-state index contributed by atoms with van der Waals surface area (Å²) in [6, 6.07) is 11.6. The zero-order valence-corrected chi connectivity index (χ0v) is 14.8. The van der Waals surface area contributed by atoms with Crippen LogP contribution in [0.3, 0.4) is 0 Å². The van der Waals surface area contributed by atoms with E-state index < -0.39 is 0 Å². The highest BCUT2D eigenvalue weighted by Gasteiger charge is 2.23. The highest BCUT2D eigenvalue weighted by molar-refractivity contribution is 6.05. The minimum atomic E-state index is -0.374. The van der Waals surface area contributed by atoms with E-state index in [0.29, 0.717) is 22.8 Å². The molecule has 25 heavy (non-hydrogen) atoms. The monoisotopic (exact) mass is 336 g/mol. The van der Waals surface area contributed by atoms with Crippen molar-refractivity contribution in [1.82, 2.24) is 0 Å². The Balaban J connectivity index is 2.04. The number of benzene rings is 2. The predicted molar refractivity (Wildman–Crippen MR) is 97.5 cm³/mol. The van der Waals surface area contributed by atoms with Crippen LogP contribution in [-0.4, -0.2) is 20.2 Å². The second-order valence-corrected chi connectivity index (χ2v) is 5.90. The molecule has 0 atom stereocenters. The van der Waals surface area contributed by atoms with Crippen LogP contribution in [0, 0.1) is 13.8 Å². The third-order valence-electron chi connectivity index (χ3n) is 4.13. The van der Waals surface area contributed by atoms with Crippen molar-refractivity contribution in [1.29, 1.82) is 0 Å². The van der Waals surface area contributed by atoms with Crippen molar-refractivity contribution in [2.45, 2.75) is 13.8 Å². The number of cyclic esters (lactones) is 1. The molecule has 0 radical (unpaired) electrons. The zero-order chi connectivity index (χ0) is 18.0. The van der Waals surface area contributed by atoms with E-state index in [0.717, 1.165) is 22.3 Å². The molecule has 2 aromatic rings. The van der Waals surface area contributed by atoms with Gasteiger partial charge in [-0.3, -0.25) is 0 Å². The molecule has 0 bridgehead atoms. The van der Waals surface area contributed by atoms with Crippen LogP contribution >= 0.6 is 0 Å². The van der Waals surface area contributed by atoms with Gasteiger partial charge in [-0.2, -0.15) is 0 Å². The predicted octanol–water partition coefficient (Wildman–Crippen LogP) is 4.30. The molecule has 0 saturated heterocycles. The smallest absolute Gasteiger partial charge is 0.343 e. The highest BCUT2D eigenvalue weighted by atomic mass is 16.5. The Hall–Kier alpha value is -3.01. The Kier molecular flexibility index (Phi) is 4.61. The third-order valence-corrected chi connectivity index (χ3v) is 4.13. The number of esters is 1. The van der Waals surface area contributed by atoms with Gasteiger partial charge in [-0.15, -0.1) is 0 Å². The summed E-state index contributed by atoms with van der Waals surface area (Å²) in [5.74, 6) is 1.39. The molecule has 0 saturated carbocycles. The Morgan fingerprint density at radius 3 is 2.56 bits per heavy atom. The first kappa shape index (κ1) is 16.8. The Bertz CT molecular complexity index is 891. The normalized spacial score (nSPS) is 15.1. The van der Waals surface area contributed by atoms with Gasteiger partial charge in [0.2, 0.25) is 0 Å². The number of carbonyl (C=O) groups is 1. The van der Waals surface area contributed by atoms with Gasteiger partial charge in [-0.05, 0) is 43.7 Å². The third kappa shape index (κ3) is 3.29. The summed E-state index contributed by atoms with van der Waals surface area (Å²) in [5.41, 5.74) is 4.33. The topological polar surface area (TPSA) is 44.8 Å². The molecule has 2 aromatic carbocycles. The molecule has 128 valence electrons. The molecule has 0 N–H and O–H groups in total. The maximum absolute atomic E-state index is 12.3. The van der Waals surface area contributed by atoms with Crippen LogP contribution in [0.2, 0.25) is 0 Å². The number of methoxy groups -OCH3 is 2. The molecule has 0 aliphatic carbocycles. The van der Waals surface area contributed by atoms with Gasteiger partial charge in [0.1, 0.15) is 5.76 Å². The molecule has 1 aliphatic heterocycles. The van der Waals surface area contributed by atoms with Crippen LogP contribution in [0.1, 0.15) is 22.3 Å². The number of rotatable bonds is 4. The lowest BCUT2D eigenvalue weighted by Gasteiger charge is -2.10. The first-order valence-corrected chi connectivity index (χ1v) is 7.97. The van der Waals surface area contributed by atoms with Crippen molar-refractivity contribution in [2.75, 3.05) is 14.2 Å². The van der Waals surface area contributed by atoms with Crippen LogP contribution in [0.5, 0.6) is 11.5 Å². The molecule has 0 unspecified atom stereocenters. The molecule has 4 nitrogen and oxygen atoms in total. The molecular weight excluding hydrogens is 316 g/mol. The fraction of sp³-hybridized carbons (Fsp3) is 0.190. The van der Waals surface area contributed by atoms with Gasteiger partial charge in [0.15, 0.2) is 11.5 Å². The maximum atomic E-state index is 12.3. The number of aryl methyl sites for hydroxylation is 2. The van der Waals surface area contributed by atoms with Gasteiger partial charge in [0.05, 0.1) is 19.8 Å². The molecular formula is C21H20O4. The van der Waals surface area contributed by atoms with Crippen molar-refractivity contribution in [3.05, 3.63) is 70.3 Å². The van der Waals surface area contributed by atoms with Crippen LogP contribution in [0.15, 0.2) is 48.0 Å². The summed E-state index contributed by atoms with van der Waals surface area (Å²) in [5, 5.41) is 0. The number of hydrogen-bond donors (Lipinski definition) is 0. The quantitative estimate of drug-likeness (QED) is 0.617. The lowest BCUT2D eigenvalue weighted by Crippen LogP contribution is -1.99. The lowest BCUT2D eigenvalue weighted by molar-refractivity contribution is -0.130. The Morgan fingerprint density at radius 1 is 1.04 bits per heavy atom. The van der Waals surface area contributed by atoms with E-state index in [1.54, 1.807) is 26.4 Å². The maximum Gasteiger partial charge on any atom is 0.343 e. The Morgan fingerprint density at radius 2 is 1.84 bits per heavy atom. The van der Waals surface area contributed by atoms with Gasteiger partial charge in [0.25, 0.3) is 0 Å². The van der Waals surface area contributed by atoms with E-state index >= 15 is 0 Å². The standard InChI is InChI=1S/C21H20O4/c1-13-8-9-14(2)17(10-13)19-12-16(21(22)25-19)11-15-6-5-7-18(23-3)20(15)24-4/h5-12H,1-4H3/b16-11-. The number of ether oxygens (including phenoxy) is 3. The van der Waals surface area contributed by atoms with Crippen molar-refractivity contribution in [3.8, 4) is 11.5 Å². The molecule has 1 aliphatic rings. The van der Waals surface area contributed by atoms with Gasteiger partial charge in [-0.1, -0.05) is 29.8 Å². The van der Waals surface area contributed by atoms with E-state index in [2.05, 4.69) is 0 Å². The SMILES string of the molecule is COc1cccc(/C=C2/C=C(c3cc(C)ccc3C)OC2=O)c1OC. The largest absolute Gasteiger partial charge is 0.493 e. The molecule has 1 heterocycles. The van der Waals surface area contributed by atoms with Crippen LogP contribution in [0.25, 0.3) is 11.8 Å². The Labute approximate surface area is 147 Å². The second kappa shape index (κ2) is 6.85. The van der Waals surface area contributed by atoms with Crippen molar-refractivity contribution >= 4 is 17.8 Å². The van der Waals surface area contributed by atoms with E-state index in [1.807, 2.05) is 50.2 Å². The van der Waals surface area contributed by atoms with E-state index in [1.165, 1.54) is 0 Å². The lowest BCUT2D eigenvalue weighted by atomic mass is 10.0. The van der Waals surface area contributed by atoms with Crippen LogP contribution in [0.4, 0.5) is 0 Å². The molecule has 0 spiro atoms. The van der Waals surface area contributed by atoms with E-state index in [-0.39, 0.29) is 5.97 Å². The van der Waals surface area contributed by atoms with Gasteiger partial charge in [-0.25, -0.2) is 4.79 Å². The average molecular weight is 336 g/mol. The summed E-state index contributed by atoms with van der Waals surface area (Å²) in [6.45, 7) is 4.01. The number of hydrogen-bond acceptors (Lipinski definition) is 4. The van der Waals surface area contributed by atoms with Crippen molar-refractivity contribution in [2.24, 2.45) is 0 Å². The minimum absolute atomic E-state index is 0.374. The van der Waals surface area contributed by atoms with E-state index in [9.17, 15) is 4.79 Å². The second-order valence-electron chi connectivity index (χ2n) is 5.90.